The van der Waals surface area contributed by atoms with Crippen molar-refractivity contribution in [3.05, 3.63) is 59.2 Å². The van der Waals surface area contributed by atoms with Crippen LogP contribution in [0.3, 0.4) is 0 Å². The molecule has 4 rings (SSSR count). The lowest BCUT2D eigenvalue weighted by atomic mass is 10.1. The fraction of sp³-hybridized carbons (Fsp3) is 0.333. The maximum absolute atomic E-state index is 13.5. The Morgan fingerprint density at radius 2 is 1.90 bits per heavy atom. The first-order chi connectivity index (χ1) is 14.3. The number of amidine groups is 1. The number of hydrogen-bond donors (Lipinski definition) is 1. The number of carbonyl (C=O) groups is 1. The van der Waals surface area contributed by atoms with Gasteiger partial charge in [-0.1, -0.05) is 12.5 Å². The van der Waals surface area contributed by atoms with E-state index in [0.29, 0.717) is 30.1 Å². The van der Waals surface area contributed by atoms with E-state index in [1.807, 2.05) is 4.90 Å². The Morgan fingerprint density at radius 3 is 2.67 bits per heavy atom. The molecule has 0 aromatic heterocycles. The number of amides is 1. The predicted octanol–water partition coefficient (Wildman–Crippen LogP) is 3.94. The van der Waals surface area contributed by atoms with Crippen molar-refractivity contribution in [1.29, 1.82) is 0 Å². The van der Waals surface area contributed by atoms with Gasteiger partial charge in [-0.2, -0.15) is 8.42 Å². The van der Waals surface area contributed by atoms with E-state index >= 15 is 0 Å². The zero-order valence-electron chi connectivity index (χ0n) is 16.4. The molecule has 1 amide bonds. The van der Waals surface area contributed by atoms with Crippen LogP contribution in [0.1, 0.15) is 54.6 Å². The van der Waals surface area contributed by atoms with Gasteiger partial charge in [-0.05, 0) is 55.7 Å². The summed E-state index contributed by atoms with van der Waals surface area (Å²) in [6.45, 7) is 2.31. The van der Waals surface area contributed by atoms with E-state index in [4.69, 9.17) is 0 Å². The number of benzene rings is 2. The summed E-state index contributed by atoms with van der Waals surface area (Å²) < 4.78 is 56.0. The molecule has 2 aromatic rings. The molecule has 1 N–H and O–H groups in total. The molecule has 1 atom stereocenters. The number of halogens is 2. The van der Waals surface area contributed by atoms with E-state index < -0.39 is 33.6 Å². The van der Waals surface area contributed by atoms with E-state index in [1.54, 1.807) is 19.1 Å². The molecule has 0 spiro atoms. The van der Waals surface area contributed by atoms with Gasteiger partial charge in [-0.15, -0.1) is 4.40 Å². The Hall–Kier alpha value is -2.81. The van der Waals surface area contributed by atoms with Gasteiger partial charge in [0.2, 0.25) is 0 Å². The molecule has 2 heterocycles. The third-order valence-electron chi connectivity index (χ3n) is 5.40. The Morgan fingerprint density at radius 1 is 1.10 bits per heavy atom. The van der Waals surface area contributed by atoms with Crippen molar-refractivity contribution >= 4 is 27.5 Å². The van der Waals surface area contributed by atoms with Crippen LogP contribution in [0.4, 0.5) is 14.5 Å². The second kappa shape index (κ2) is 7.79. The fourth-order valence-electron chi connectivity index (χ4n) is 3.77. The van der Waals surface area contributed by atoms with Crippen molar-refractivity contribution < 1.29 is 22.0 Å². The first kappa shape index (κ1) is 20.5. The minimum atomic E-state index is -3.90. The minimum absolute atomic E-state index is 0.00118. The van der Waals surface area contributed by atoms with Gasteiger partial charge in [0, 0.05) is 18.5 Å². The first-order valence-electron chi connectivity index (χ1n) is 9.77. The summed E-state index contributed by atoms with van der Waals surface area (Å²) in [5.74, 6) is -1.94. The molecule has 2 aromatic carbocycles. The van der Waals surface area contributed by atoms with Crippen LogP contribution in [0, 0.1) is 11.6 Å². The van der Waals surface area contributed by atoms with Gasteiger partial charge in [0.05, 0.1) is 11.7 Å². The quantitative estimate of drug-likeness (QED) is 0.795. The van der Waals surface area contributed by atoms with Crippen molar-refractivity contribution in [1.82, 2.24) is 5.32 Å². The molecule has 6 nitrogen and oxygen atoms in total. The summed E-state index contributed by atoms with van der Waals surface area (Å²) in [5, 5.41) is 2.69. The lowest BCUT2D eigenvalue weighted by Gasteiger charge is -2.29. The highest BCUT2D eigenvalue weighted by molar-refractivity contribution is 7.90. The number of rotatable bonds is 3. The van der Waals surface area contributed by atoms with Crippen LogP contribution in [0.15, 0.2) is 45.7 Å². The highest BCUT2D eigenvalue weighted by Crippen LogP contribution is 2.35. The lowest BCUT2D eigenvalue weighted by Crippen LogP contribution is -2.35. The smallest absolute Gasteiger partial charge is 0.286 e. The maximum atomic E-state index is 13.5. The summed E-state index contributed by atoms with van der Waals surface area (Å²) >= 11 is 0. The van der Waals surface area contributed by atoms with Crippen LogP contribution in [0.5, 0.6) is 0 Å². The third-order valence-corrected chi connectivity index (χ3v) is 6.74. The molecule has 2 aliphatic heterocycles. The molecule has 2 aliphatic rings. The molecule has 9 heteroatoms. The van der Waals surface area contributed by atoms with E-state index in [9.17, 15) is 22.0 Å². The number of sulfonamides is 1. The second-order valence-corrected chi connectivity index (χ2v) is 9.07. The summed E-state index contributed by atoms with van der Waals surface area (Å²) in [7, 11) is -3.90. The van der Waals surface area contributed by atoms with Gasteiger partial charge in [0.15, 0.2) is 11.6 Å². The number of fused-ring (bicyclic) bond motifs is 3. The average Bonchev–Trinajstić information content (AvgIpc) is 2.94. The van der Waals surface area contributed by atoms with Crippen molar-refractivity contribution in [3.8, 4) is 0 Å². The highest BCUT2D eigenvalue weighted by atomic mass is 32.2. The SMILES string of the molecule is C[C@H](NC(=O)c1ccc2c(c1)S(=O)(=O)N=C1CCCCCN12)c1ccc(F)c(F)c1. The first-order valence-corrected chi connectivity index (χ1v) is 11.2. The largest absolute Gasteiger partial charge is 0.346 e. The average molecular weight is 433 g/mol. The van der Waals surface area contributed by atoms with E-state index in [-0.39, 0.29) is 10.5 Å². The molecule has 30 heavy (non-hydrogen) atoms. The van der Waals surface area contributed by atoms with Crippen LogP contribution in [0.2, 0.25) is 0 Å². The Kier molecular flexibility index (Phi) is 5.31. The molecule has 1 fully saturated rings. The molecule has 158 valence electrons. The van der Waals surface area contributed by atoms with Crippen molar-refractivity contribution in [2.24, 2.45) is 4.40 Å². The summed E-state index contributed by atoms with van der Waals surface area (Å²) in [6, 6.07) is 7.32. The highest BCUT2D eigenvalue weighted by Gasteiger charge is 2.32. The Labute approximate surface area is 173 Å². The van der Waals surface area contributed by atoms with Crippen molar-refractivity contribution in [2.45, 2.75) is 43.5 Å². The lowest BCUT2D eigenvalue weighted by molar-refractivity contribution is 0.0939. The molecule has 0 aliphatic carbocycles. The number of anilines is 1. The van der Waals surface area contributed by atoms with Crippen molar-refractivity contribution in [3.63, 3.8) is 0 Å². The van der Waals surface area contributed by atoms with E-state index in [0.717, 1.165) is 31.4 Å². The Balaban J connectivity index is 1.61. The fourth-order valence-corrected chi connectivity index (χ4v) is 5.05. The van der Waals surface area contributed by atoms with Gasteiger partial charge in [0.1, 0.15) is 10.7 Å². The minimum Gasteiger partial charge on any atom is -0.346 e. The number of carbonyl (C=O) groups excluding carboxylic acids is 1. The molecular formula is C21H21F2N3O3S. The summed E-state index contributed by atoms with van der Waals surface area (Å²) in [5.41, 5.74) is 1.08. The predicted molar refractivity (Wildman–Crippen MR) is 109 cm³/mol. The zero-order chi connectivity index (χ0) is 21.5. The molecule has 0 bridgehead atoms. The van der Waals surface area contributed by atoms with Crippen molar-refractivity contribution in [2.75, 3.05) is 11.4 Å². The topological polar surface area (TPSA) is 78.8 Å². The third kappa shape index (κ3) is 3.81. The van der Waals surface area contributed by atoms with Crippen LogP contribution >= 0.6 is 0 Å². The van der Waals surface area contributed by atoms with Crippen LogP contribution in [0.25, 0.3) is 0 Å². The molecule has 0 saturated carbocycles. The monoisotopic (exact) mass is 433 g/mol. The number of hydrogen-bond acceptors (Lipinski definition) is 4. The van der Waals surface area contributed by atoms with Crippen LogP contribution in [-0.2, 0) is 10.0 Å². The number of nitrogens with one attached hydrogen (secondary N) is 1. The van der Waals surface area contributed by atoms with E-state index in [2.05, 4.69) is 9.71 Å². The standard InChI is InChI=1S/C21H21F2N3O3S/c1-13(14-6-8-16(22)17(23)11-14)24-21(27)15-7-9-18-19(12-15)30(28,29)25-20-5-3-2-4-10-26(18)20/h6-9,11-13H,2-5,10H2,1H3,(H,24,27)/t13-/m0/s1. The molecule has 1 saturated heterocycles. The normalized spacial score (nSPS) is 18.5. The van der Waals surface area contributed by atoms with Crippen LogP contribution < -0.4 is 10.2 Å². The van der Waals surface area contributed by atoms with Gasteiger partial charge < -0.3 is 10.2 Å². The van der Waals surface area contributed by atoms with Gasteiger partial charge in [-0.3, -0.25) is 4.79 Å². The van der Waals surface area contributed by atoms with Gasteiger partial charge >= 0.3 is 0 Å². The van der Waals surface area contributed by atoms with E-state index in [1.165, 1.54) is 12.1 Å². The molecule has 0 radical (unpaired) electrons. The van der Waals surface area contributed by atoms with Gasteiger partial charge in [-0.25, -0.2) is 8.78 Å². The Bertz CT molecular complexity index is 1150. The number of nitrogens with zero attached hydrogens (tertiary/aromatic N) is 2. The molecule has 0 unspecified atom stereocenters. The summed E-state index contributed by atoms with van der Waals surface area (Å²) in [4.78, 5) is 14.6. The summed E-state index contributed by atoms with van der Waals surface area (Å²) in [6.07, 6.45) is 3.44. The molecular weight excluding hydrogens is 412 g/mol. The maximum Gasteiger partial charge on any atom is 0.286 e. The second-order valence-electron chi connectivity index (χ2n) is 7.50. The van der Waals surface area contributed by atoms with Gasteiger partial charge in [0.25, 0.3) is 15.9 Å². The van der Waals surface area contributed by atoms with Crippen LogP contribution in [-0.4, -0.2) is 26.7 Å². The zero-order valence-corrected chi connectivity index (χ0v) is 17.2.